The predicted octanol–water partition coefficient (Wildman–Crippen LogP) is 4.71. The van der Waals surface area contributed by atoms with E-state index in [0.717, 1.165) is 11.1 Å². The summed E-state index contributed by atoms with van der Waals surface area (Å²) in [6.45, 7) is 3.18. The molecular weight excluding hydrogens is 347 g/mol. The van der Waals surface area contributed by atoms with Crippen molar-refractivity contribution >= 4 is 14.4 Å². The summed E-state index contributed by atoms with van der Waals surface area (Å²) in [4.78, 5) is 16.8. The molecule has 0 bridgehead atoms. The van der Waals surface area contributed by atoms with Gasteiger partial charge in [-0.15, -0.1) is 0 Å². The van der Waals surface area contributed by atoms with Gasteiger partial charge < -0.3 is 9.30 Å². The summed E-state index contributed by atoms with van der Waals surface area (Å²) in [6, 6.07) is 19.5. The normalized spacial score (nSPS) is 11.7. The molecule has 132 valence electrons. The van der Waals surface area contributed by atoms with Crippen LogP contribution in [0.15, 0.2) is 73.2 Å². The standard InChI is InChI=1S/C20H19N2O3P/c1-20(2,26-24)25-19(23)17-13-21-14-22(17)18(15-9-5-3-6-10-15)16-11-7-4-8-12-16/h3-14,18H,1-2H3. The van der Waals surface area contributed by atoms with Crippen molar-refractivity contribution in [1.29, 1.82) is 0 Å². The number of ether oxygens (including phenoxy) is 1. The zero-order valence-corrected chi connectivity index (χ0v) is 15.5. The van der Waals surface area contributed by atoms with E-state index in [-0.39, 0.29) is 14.5 Å². The van der Waals surface area contributed by atoms with Crippen LogP contribution in [0.1, 0.15) is 41.5 Å². The molecule has 0 aliphatic carbocycles. The third-order valence-electron chi connectivity index (χ3n) is 3.95. The Bertz CT molecular complexity index is 852. The highest BCUT2D eigenvalue weighted by Crippen LogP contribution is 2.30. The Kier molecular flexibility index (Phi) is 5.29. The average Bonchev–Trinajstić information content (AvgIpc) is 3.13. The van der Waals surface area contributed by atoms with Crippen LogP contribution in [0.4, 0.5) is 0 Å². The maximum absolute atomic E-state index is 12.6. The molecule has 0 aliphatic rings. The lowest BCUT2D eigenvalue weighted by Crippen LogP contribution is -2.25. The van der Waals surface area contributed by atoms with Gasteiger partial charge in [0.25, 0.3) is 0 Å². The third-order valence-corrected chi connectivity index (χ3v) is 4.48. The molecule has 26 heavy (non-hydrogen) atoms. The minimum Gasteiger partial charge on any atom is -0.442 e. The number of carbonyl (C=O) groups is 1. The lowest BCUT2D eigenvalue weighted by Gasteiger charge is -2.23. The molecule has 0 aliphatic heterocycles. The van der Waals surface area contributed by atoms with E-state index in [1.807, 2.05) is 60.7 Å². The Balaban J connectivity index is 2.06. The van der Waals surface area contributed by atoms with Gasteiger partial charge in [0.05, 0.1) is 18.6 Å². The lowest BCUT2D eigenvalue weighted by atomic mass is 9.98. The SMILES string of the molecule is CC(C)(OC(=O)c1cncn1C(c1ccccc1)c1ccccc1)P=O. The van der Waals surface area contributed by atoms with Gasteiger partial charge >= 0.3 is 5.97 Å². The first-order valence-corrected chi connectivity index (χ1v) is 9.02. The zero-order chi connectivity index (χ0) is 18.6. The molecule has 3 rings (SSSR count). The van der Waals surface area contributed by atoms with Crippen molar-refractivity contribution in [2.75, 3.05) is 0 Å². The first-order chi connectivity index (χ1) is 12.5. The summed E-state index contributed by atoms with van der Waals surface area (Å²) >= 11 is 0. The van der Waals surface area contributed by atoms with Gasteiger partial charge in [0.1, 0.15) is 5.69 Å². The van der Waals surface area contributed by atoms with Gasteiger partial charge in [-0.3, -0.25) is 4.57 Å². The van der Waals surface area contributed by atoms with Gasteiger partial charge in [-0.2, -0.15) is 0 Å². The highest BCUT2D eigenvalue weighted by Gasteiger charge is 2.28. The molecule has 2 aromatic carbocycles. The van der Waals surface area contributed by atoms with E-state index in [4.69, 9.17) is 4.74 Å². The fourth-order valence-corrected chi connectivity index (χ4v) is 2.87. The lowest BCUT2D eigenvalue weighted by molar-refractivity contribution is 0.0268. The van der Waals surface area contributed by atoms with Crippen molar-refractivity contribution in [3.8, 4) is 0 Å². The Morgan fingerprint density at radius 2 is 1.58 bits per heavy atom. The Labute approximate surface area is 153 Å². The van der Waals surface area contributed by atoms with Crippen molar-refractivity contribution < 1.29 is 14.1 Å². The second kappa shape index (κ2) is 7.63. The number of benzene rings is 2. The predicted molar refractivity (Wildman–Crippen MR) is 99.5 cm³/mol. The van der Waals surface area contributed by atoms with Gasteiger partial charge in [-0.1, -0.05) is 60.7 Å². The summed E-state index contributed by atoms with van der Waals surface area (Å²) in [7, 11) is -0.259. The number of hydrogen-bond acceptors (Lipinski definition) is 4. The third kappa shape index (κ3) is 3.89. The smallest absolute Gasteiger partial charge is 0.357 e. The van der Waals surface area contributed by atoms with Crippen LogP contribution in [0, 0.1) is 0 Å². The minimum absolute atomic E-state index is 0.227. The molecule has 0 unspecified atom stereocenters. The number of imidazole rings is 1. The summed E-state index contributed by atoms with van der Waals surface area (Å²) in [5.74, 6) is -0.562. The fraction of sp³-hybridized carbons (Fsp3) is 0.200. The minimum atomic E-state index is -1.10. The van der Waals surface area contributed by atoms with Gasteiger partial charge in [0.2, 0.25) is 8.46 Å². The molecule has 0 amide bonds. The highest BCUT2D eigenvalue weighted by atomic mass is 31.1. The van der Waals surface area contributed by atoms with Crippen LogP contribution in [0.5, 0.6) is 0 Å². The van der Waals surface area contributed by atoms with E-state index in [2.05, 4.69) is 4.98 Å². The summed E-state index contributed by atoms with van der Waals surface area (Å²) in [6.07, 6.45) is 3.09. The number of esters is 1. The topological polar surface area (TPSA) is 61.2 Å². The number of carbonyl (C=O) groups excluding carboxylic acids is 1. The summed E-state index contributed by atoms with van der Waals surface area (Å²) < 4.78 is 18.3. The van der Waals surface area contributed by atoms with Crippen LogP contribution < -0.4 is 0 Å². The second-order valence-corrected chi connectivity index (χ2v) is 7.60. The molecule has 0 saturated carbocycles. The van der Waals surface area contributed by atoms with Crippen LogP contribution in [0.25, 0.3) is 0 Å². The first kappa shape index (κ1) is 18.0. The highest BCUT2D eigenvalue weighted by molar-refractivity contribution is 7.25. The van der Waals surface area contributed by atoms with E-state index >= 15 is 0 Å². The molecule has 0 spiro atoms. The van der Waals surface area contributed by atoms with E-state index in [1.165, 1.54) is 6.20 Å². The van der Waals surface area contributed by atoms with E-state index in [9.17, 15) is 9.36 Å². The summed E-state index contributed by atoms with van der Waals surface area (Å²) in [5, 5.41) is -1.10. The van der Waals surface area contributed by atoms with Crippen LogP contribution in [-0.2, 0) is 9.30 Å². The van der Waals surface area contributed by atoms with Crippen molar-refractivity contribution in [3.63, 3.8) is 0 Å². The molecular formula is C20H19N2O3P. The maximum Gasteiger partial charge on any atom is 0.357 e. The number of rotatable bonds is 6. The number of nitrogens with zero attached hydrogens (tertiary/aromatic N) is 2. The van der Waals surface area contributed by atoms with E-state index in [0.29, 0.717) is 5.69 Å². The second-order valence-electron chi connectivity index (χ2n) is 6.34. The first-order valence-electron chi connectivity index (χ1n) is 8.21. The molecule has 0 fully saturated rings. The molecule has 1 heterocycles. The van der Waals surface area contributed by atoms with Crippen LogP contribution >= 0.6 is 8.46 Å². The van der Waals surface area contributed by atoms with Gasteiger partial charge in [0, 0.05) is 0 Å². The number of hydrogen-bond donors (Lipinski definition) is 0. The molecule has 0 atom stereocenters. The van der Waals surface area contributed by atoms with Crippen LogP contribution in [-0.4, -0.2) is 20.9 Å². The average molecular weight is 366 g/mol. The van der Waals surface area contributed by atoms with Gasteiger partial charge in [-0.05, 0) is 25.0 Å². The Morgan fingerprint density at radius 3 is 2.08 bits per heavy atom. The largest absolute Gasteiger partial charge is 0.442 e. The quantitative estimate of drug-likeness (QED) is 0.468. The monoisotopic (exact) mass is 366 g/mol. The van der Waals surface area contributed by atoms with Gasteiger partial charge in [0.15, 0.2) is 5.34 Å². The zero-order valence-electron chi connectivity index (χ0n) is 14.6. The van der Waals surface area contributed by atoms with Crippen molar-refractivity contribution in [3.05, 3.63) is 90.0 Å². The molecule has 5 nitrogen and oxygen atoms in total. The molecule has 1 aromatic heterocycles. The van der Waals surface area contributed by atoms with E-state index in [1.54, 1.807) is 24.7 Å². The maximum atomic E-state index is 12.6. The van der Waals surface area contributed by atoms with Gasteiger partial charge in [-0.25, -0.2) is 9.78 Å². The van der Waals surface area contributed by atoms with Crippen molar-refractivity contribution in [2.45, 2.75) is 25.2 Å². The van der Waals surface area contributed by atoms with Crippen molar-refractivity contribution in [2.24, 2.45) is 0 Å². The van der Waals surface area contributed by atoms with E-state index < -0.39 is 11.3 Å². The Hall–Kier alpha value is -2.78. The molecule has 0 N–H and O–H groups in total. The molecule has 0 radical (unpaired) electrons. The molecule has 6 heteroatoms. The fourth-order valence-electron chi connectivity index (χ4n) is 2.75. The Morgan fingerprint density at radius 1 is 1.04 bits per heavy atom. The van der Waals surface area contributed by atoms with Crippen LogP contribution in [0.3, 0.4) is 0 Å². The summed E-state index contributed by atoms with van der Waals surface area (Å²) in [5.41, 5.74) is 2.35. The molecule has 3 aromatic rings. The molecule has 0 saturated heterocycles. The number of aromatic nitrogens is 2. The van der Waals surface area contributed by atoms with Crippen LogP contribution in [0.2, 0.25) is 0 Å². The van der Waals surface area contributed by atoms with Crippen molar-refractivity contribution in [1.82, 2.24) is 9.55 Å².